The SMILES string of the molecule is CN=C(NCc1ccc(CS(=O)(=O)NC)cc1)NCC1CCCN1Cc1ccccc1. The molecule has 31 heavy (non-hydrogen) atoms. The largest absolute Gasteiger partial charge is 0.355 e. The van der Waals surface area contributed by atoms with Crippen molar-refractivity contribution in [2.24, 2.45) is 4.99 Å². The number of hydrogen-bond donors (Lipinski definition) is 3. The minimum absolute atomic E-state index is 0.0126. The number of benzene rings is 2. The van der Waals surface area contributed by atoms with Gasteiger partial charge < -0.3 is 10.6 Å². The standard InChI is InChI=1S/C23H33N5O2S/c1-24-23(26-15-19-10-12-21(13-11-19)18-31(29,30)25-2)27-16-22-9-6-14-28(22)17-20-7-4-3-5-8-20/h3-5,7-8,10-13,22,25H,6,9,14-18H2,1-2H3,(H2,24,26,27). The minimum Gasteiger partial charge on any atom is -0.355 e. The summed E-state index contributed by atoms with van der Waals surface area (Å²) in [6, 6.07) is 18.7. The molecule has 1 heterocycles. The molecular weight excluding hydrogens is 410 g/mol. The van der Waals surface area contributed by atoms with E-state index in [1.807, 2.05) is 24.3 Å². The number of guanidine groups is 1. The molecule has 168 valence electrons. The second kappa shape index (κ2) is 11.3. The predicted molar refractivity (Wildman–Crippen MR) is 126 cm³/mol. The van der Waals surface area contributed by atoms with Gasteiger partial charge in [-0.3, -0.25) is 9.89 Å². The van der Waals surface area contributed by atoms with E-state index in [1.165, 1.54) is 25.5 Å². The molecule has 7 nitrogen and oxygen atoms in total. The van der Waals surface area contributed by atoms with Crippen LogP contribution in [-0.4, -0.2) is 52.5 Å². The van der Waals surface area contributed by atoms with Crippen molar-refractivity contribution in [1.29, 1.82) is 0 Å². The van der Waals surface area contributed by atoms with E-state index in [9.17, 15) is 8.42 Å². The van der Waals surface area contributed by atoms with Gasteiger partial charge in [0.1, 0.15) is 0 Å². The zero-order valence-electron chi connectivity index (χ0n) is 18.3. The first-order valence-corrected chi connectivity index (χ1v) is 12.4. The van der Waals surface area contributed by atoms with E-state index < -0.39 is 10.0 Å². The summed E-state index contributed by atoms with van der Waals surface area (Å²) in [4.78, 5) is 6.87. The lowest BCUT2D eigenvalue weighted by Crippen LogP contribution is -2.44. The average Bonchev–Trinajstić information content (AvgIpc) is 3.22. The number of nitrogens with one attached hydrogen (secondary N) is 3. The Balaban J connectivity index is 1.46. The van der Waals surface area contributed by atoms with Crippen LogP contribution in [0.3, 0.4) is 0 Å². The Bertz CT molecular complexity index is 946. The van der Waals surface area contributed by atoms with Gasteiger partial charge in [-0.2, -0.15) is 0 Å². The van der Waals surface area contributed by atoms with Crippen LogP contribution in [0.5, 0.6) is 0 Å². The smallest absolute Gasteiger partial charge is 0.215 e. The molecule has 1 saturated heterocycles. The van der Waals surface area contributed by atoms with Crippen molar-refractivity contribution < 1.29 is 8.42 Å². The van der Waals surface area contributed by atoms with Crippen molar-refractivity contribution in [3.05, 3.63) is 71.3 Å². The topological polar surface area (TPSA) is 85.8 Å². The summed E-state index contributed by atoms with van der Waals surface area (Å²) in [5.74, 6) is 0.759. The molecule has 1 aliphatic heterocycles. The zero-order chi connectivity index (χ0) is 22.1. The van der Waals surface area contributed by atoms with E-state index in [0.29, 0.717) is 12.6 Å². The number of rotatable bonds is 9. The molecule has 0 aromatic heterocycles. The number of hydrogen-bond acceptors (Lipinski definition) is 4. The summed E-state index contributed by atoms with van der Waals surface area (Å²) in [6.07, 6.45) is 2.41. The van der Waals surface area contributed by atoms with Gasteiger partial charge in [-0.05, 0) is 43.1 Å². The molecule has 0 amide bonds. The fraction of sp³-hybridized carbons (Fsp3) is 0.435. The lowest BCUT2D eigenvalue weighted by molar-refractivity contribution is 0.245. The zero-order valence-corrected chi connectivity index (χ0v) is 19.2. The molecule has 1 atom stereocenters. The third kappa shape index (κ3) is 7.34. The average molecular weight is 444 g/mol. The van der Waals surface area contributed by atoms with Gasteiger partial charge in [-0.1, -0.05) is 54.6 Å². The third-order valence-corrected chi connectivity index (χ3v) is 6.94. The summed E-state index contributed by atoms with van der Waals surface area (Å²) >= 11 is 0. The number of sulfonamides is 1. The van der Waals surface area contributed by atoms with Crippen LogP contribution in [0.1, 0.15) is 29.5 Å². The Morgan fingerprint density at radius 3 is 2.42 bits per heavy atom. The summed E-state index contributed by atoms with van der Waals surface area (Å²) < 4.78 is 25.7. The highest BCUT2D eigenvalue weighted by Crippen LogP contribution is 2.19. The Labute approximate surface area is 186 Å². The Kier molecular flexibility index (Phi) is 8.45. The van der Waals surface area contributed by atoms with Crippen molar-refractivity contribution in [3.63, 3.8) is 0 Å². The van der Waals surface area contributed by atoms with Gasteiger partial charge in [-0.25, -0.2) is 13.1 Å². The molecule has 0 spiro atoms. The summed E-state index contributed by atoms with van der Waals surface area (Å²) in [7, 11) is -0.0495. The molecule has 8 heteroatoms. The number of likely N-dealkylation sites (tertiary alicyclic amines) is 1. The predicted octanol–water partition coefficient (Wildman–Crippen LogP) is 2.07. The second-order valence-corrected chi connectivity index (χ2v) is 9.76. The Morgan fingerprint density at radius 1 is 1.03 bits per heavy atom. The van der Waals surface area contributed by atoms with E-state index in [2.05, 4.69) is 55.6 Å². The van der Waals surface area contributed by atoms with Gasteiger partial charge in [0.05, 0.1) is 5.75 Å². The maximum absolute atomic E-state index is 11.7. The van der Waals surface area contributed by atoms with E-state index in [-0.39, 0.29) is 5.75 Å². The lowest BCUT2D eigenvalue weighted by atomic mass is 10.1. The molecule has 3 rings (SSSR count). The number of nitrogens with zero attached hydrogens (tertiary/aromatic N) is 2. The van der Waals surface area contributed by atoms with Crippen LogP contribution in [0.25, 0.3) is 0 Å². The summed E-state index contributed by atoms with van der Waals surface area (Å²) in [6.45, 7) is 3.59. The van der Waals surface area contributed by atoms with Crippen LogP contribution in [0.2, 0.25) is 0 Å². The van der Waals surface area contributed by atoms with Crippen LogP contribution in [0.4, 0.5) is 0 Å². The lowest BCUT2D eigenvalue weighted by Gasteiger charge is -2.25. The van der Waals surface area contributed by atoms with Crippen LogP contribution in [0, 0.1) is 0 Å². The molecule has 1 unspecified atom stereocenters. The van der Waals surface area contributed by atoms with Crippen molar-refractivity contribution in [1.82, 2.24) is 20.3 Å². The van der Waals surface area contributed by atoms with Crippen molar-refractivity contribution >= 4 is 16.0 Å². The molecule has 0 radical (unpaired) electrons. The molecular formula is C23H33N5O2S. The Morgan fingerprint density at radius 2 is 1.74 bits per heavy atom. The first-order chi connectivity index (χ1) is 15.0. The quantitative estimate of drug-likeness (QED) is 0.408. The minimum atomic E-state index is -3.25. The monoisotopic (exact) mass is 443 g/mol. The first-order valence-electron chi connectivity index (χ1n) is 10.7. The fourth-order valence-corrected chi connectivity index (χ4v) is 4.59. The highest BCUT2D eigenvalue weighted by Gasteiger charge is 2.24. The normalized spacial score (nSPS) is 17.6. The van der Waals surface area contributed by atoms with Crippen LogP contribution >= 0.6 is 0 Å². The van der Waals surface area contributed by atoms with Gasteiger partial charge in [-0.15, -0.1) is 0 Å². The van der Waals surface area contributed by atoms with Crippen molar-refractivity contribution in [2.45, 2.75) is 37.7 Å². The molecule has 2 aromatic carbocycles. The summed E-state index contributed by atoms with van der Waals surface area (Å²) in [5.41, 5.74) is 3.18. The van der Waals surface area contributed by atoms with E-state index in [1.54, 1.807) is 7.05 Å². The highest BCUT2D eigenvalue weighted by molar-refractivity contribution is 7.88. The molecule has 1 fully saturated rings. The van der Waals surface area contributed by atoms with Gasteiger partial charge in [0.2, 0.25) is 10.0 Å². The molecule has 0 saturated carbocycles. The highest BCUT2D eigenvalue weighted by atomic mass is 32.2. The Hall–Kier alpha value is -2.42. The van der Waals surface area contributed by atoms with E-state index in [4.69, 9.17) is 0 Å². The molecule has 0 bridgehead atoms. The maximum atomic E-state index is 11.7. The second-order valence-electron chi connectivity index (χ2n) is 7.84. The van der Waals surface area contributed by atoms with Crippen LogP contribution in [-0.2, 0) is 28.9 Å². The molecule has 2 aromatic rings. The van der Waals surface area contributed by atoms with Crippen LogP contribution < -0.4 is 15.4 Å². The van der Waals surface area contributed by atoms with Gasteiger partial charge >= 0.3 is 0 Å². The first kappa shape index (κ1) is 23.2. The maximum Gasteiger partial charge on any atom is 0.215 e. The van der Waals surface area contributed by atoms with Gasteiger partial charge in [0, 0.05) is 32.7 Å². The molecule has 1 aliphatic rings. The van der Waals surface area contributed by atoms with Crippen LogP contribution in [0.15, 0.2) is 59.6 Å². The number of aliphatic imine (C=N–C) groups is 1. The third-order valence-electron chi connectivity index (χ3n) is 5.61. The van der Waals surface area contributed by atoms with Gasteiger partial charge in [0.25, 0.3) is 0 Å². The van der Waals surface area contributed by atoms with Crippen molar-refractivity contribution in [3.8, 4) is 0 Å². The fourth-order valence-electron chi connectivity index (χ4n) is 3.82. The molecule has 3 N–H and O–H groups in total. The molecule has 0 aliphatic carbocycles. The van der Waals surface area contributed by atoms with Gasteiger partial charge in [0.15, 0.2) is 5.96 Å². The van der Waals surface area contributed by atoms with E-state index in [0.717, 1.165) is 36.7 Å². The summed E-state index contributed by atoms with van der Waals surface area (Å²) in [5, 5.41) is 6.80. The van der Waals surface area contributed by atoms with Crippen molar-refractivity contribution in [2.75, 3.05) is 27.2 Å². The van der Waals surface area contributed by atoms with E-state index >= 15 is 0 Å².